The number of para-hydroxylation sites is 1. The maximum Gasteiger partial charge on any atom is 0.240 e. The highest BCUT2D eigenvalue weighted by atomic mass is 32.2. The van der Waals surface area contributed by atoms with E-state index in [1.54, 1.807) is 17.0 Å². The molecule has 0 unspecified atom stereocenters. The van der Waals surface area contributed by atoms with E-state index in [4.69, 9.17) is 5.73 Å². The van der Waals surface area contributed by atoms with Crippen LogP contribution < -0.4 is 15.4 Å². The largest absolute Gasteiger partial charge is 0.399 e. The number of hydrogen-bond donors (Lipinski definition) is 2. The monoisotopic (exact) mass is 359 g/mol. The average molecular weight is 359 g/mol. The summed E-state index contributed by atoms with van der Waals surface area (Å²) in [5.41, 5.74) is 9.25. The quantitative estimate of drug-likeness (QED) is 0.795. The molecule has 3 N–H and O–H groups in total. The van der Waals surface area contributed by atoms with Gasteiger partial charge in [0.25, 0.3) is 0 Å². The van der Waals surface area contributed by atoms with E-state index in [0.29, 0.717) is 31.5 Å². The van der Waals surface area contributed by atoms with E-state index in [-0.39, 0.29) is 10.8 Å². The molecule has 1 amide bonds. The second-order valence-electron chi connectivity index (χ2n) is 5.99. The van der Waals surface area contributed by atoms with Gasteiger partial charge in [-0.05, 0) is 55.3 Å². The molecule has 6 nitrogen and oxygen atoms in total. The van der Waals surface area contributed by atoms with Gasteiger partial charge in [-0.3, -0.25) is 4.79 Å². The molecule has 0 aromatic heterocycles. The Bertz CT molecular complexity index is 910. The Morgan fingerprint density at radius 2 is 2.00 bits per heavy atom. The predicted molar refractivity (Wildman–Crippen MR) is 97.9 cm³/mol. The van der Waals surface area contributed by atoms with Crippen LogP contribution in [0.15, 0.2) is 47.4 Å². The normalized spacial score (nSPS) is 13.7. The fourth-order valence-corrected chi connectivity index (χ4v) is 3.84. The number of fused-ring (bicyclic) bond motifs is 1. The van der Waals surface area contributed by atoms with Crippen LogP contribution in [0.2, 0.25) is 0 Å². The van der Waals surface area contributed by atoms with Crippen molar-refractivity contribution in [2.24, 2.45) is 0 Å². The van der Waals surface area contributed by atoms with Gasteiger partial charge in [-0.1, -0.05) is 18.2 Å². The number of carbonyl (C=O) groups is 1. The maximum absolute atomic E-state index is 12.6. The first-order valence-corrected chi connectivity index (χ1v) is 9.61. The Labute approximate surface area is 147 Å². The Balaban J connectivity index is 1.74. The van der Waals surface area contributed by atoms with Crippen molar-refractivity contribution in [3.05, 3.63) is 53.6 Å². The van der Waals surface area contributed by atoms with Crippen molar-refractivity contribution in [3.8, 4) is 0 Å². The Morgan fingerprint density at radius 3 is 2.72 bits per heavy atom. The number of anilines is 2. The molecule has 0 fully saturated rings. The summed E-state index contributed by atoms with van der Waals surface area (Å²) in [4.78, 5) is 14.5. The first kappa shape index (κ1) is 17.4. The first-order chi connectivity index (χ1) is 11.9. The number of hydrogen-bond acceptors (Lipinski definition) is 4. The van der Waals surface area contributed by atoms with Gasteiger partial charge in [0.15, 0.2) is 0 Å². The van der Waals surface area contributed by atoms with Crippen molar-refractivity contribution >= 4 is 27.3 Å². The average Bonchev–Trinajstić information content (AvgIpc) is 3.04. The molecular formula is C18H21N3O3S. The van der Waals surface area contributed by atoms with Crippen LogP contribution in [0.5, 0.6) is 0 Å². The molecule has 1 aliphatic rings. The molecule has 0 saturated heterocycles. The van der Waals surface area contributed by atoms with Gasteiger partial charge in [-0.15, -0.1) is 0 Å². The summed E-state index contributed by atoms with van der Waals surface area (Å²) in [7, 11) is -2.09. The second kappa shape index (κ2) is 6.85. The van der Waals surface area contributed by atoms with Gasteiger partial charge >= 0.3 is 0 Å². The van der Waals surface area contributed by atoms with Crippen LogP contribution >= 0.6 is 0 Å². The molecule has 0 radical (unpaired) electrons. The SMILES string of the molecule is CNS(=O)(=O)c1ccc2c(c1)CCN2C(=O)CCc1ccccc1N. The number of rotatable bonds is 5. The van der Waals surface area contributed by atoms with Gasteiger partial charge in [-0.25, -0.2) is 13.1 Å². The van der Waals surface area contributed by atoms with Crippen LogP contribution in [-0.2, 0) is 27.7 Å². The first-order valence-electron chi connectivity index (χ1n) is 8.12. The van der Waals surface area contributed by atoms with Crippen molar-refractivity contribution in [2.75, 3.05) is 24.2 Å². The number of aryl methyl sites for hydroxylation is 1. The van der Waals surface area contributed by atoms with Gasteiger partial charge in [0, 0.05) is 24.3 Å². The van der Waals surface area contributed by atoms with E-state index in [2.05, 4.69) is 4.72 Å². The lowest BCUT2D eigenvalue weighted by molar-refractivity contribution is -0.118. The van der Waals surface area contributed by atoms with Crippen molar-refractivity contribution in [1.82, 2.24) is 4.72 Å². The molecule has 0 bridgehead atoms. The Morgan fingerprint density at radius 1 is 1.24 bits per heavy atom. The summed E-state index contributed by atoms with van der Waals surface area (Å²) >= 11 is 0. The summed E-state index contributed by atoms with van der Waals surface area (Å²) in [6.07, 6.45) is 1.61. The lowest BCUT2D eigenvalue weighted by Gasteiger charge is -2.18. The minimum absolute atomic E-state index is 0.0197. The third-order valence-corrected chi connectivity index (χ3v) is 5.90. The van der Waals surface area contributed by atoms with Crippen LogP contribution in [0.25, 0.3) is 0 Å². The minimum Gasteiger partial charge on any atom is -0.399 e. The van der Waals surface area contributed by atoms with E-state index in [1.165, 1.54) is 13.1 Å². The highest BCUT2D eigenvalue weighted by molar-refractivity contribution is 7.89. The lowest BCUT2D eigenvalue weighted by Crippen LogP contribution is -2.29. The smallest absolute Gasteiger partial charge is 0.240 e. The third-order valence-electron chi connectivity index (χ3n) is 4.49. The van der Waals surface area contributed by atoms with Crippen LogP contribution in [-0.4, -0.2) is 27.9 Å². The van der Waals surface area contributed by atoms with Crippen molar-refractivity contribution in [2.45, 2.75) is 24.2 Å². The van der Waals surface area contributed by atoms with Crippen molar-refractivity contribution in [3.63, 3.8) is 0 Å². The highest BCUT2D eigenvalue weighted by Crippen LogP contribution is 2.31. The number of amides is 1. The summed E-state index contributed by atoms with van der Waals surface area (Å²) in [6.45, 7) is 0.571. The molecule has 2 aromatic rings. The number of nitrogen functional groups attached to an aromatic ring is 1. The summed E-state index contributed by atoms with van der Waals surface area (Å²) < 4.78 is 26.1. The third kappa shape index (κ3) is 3.52. The summed E-state index contributed by atoms with van der Waals surface area (Å²) in [6, 6.07) is 12.4. The molecule has 0 saturated carbocycles. The minimum atomic E-state index is -3.48. The zero-order valence-electron chi connectivity index (χ0n) is 14.0. The van der Waals surface area contributed by atoms with Crippen LogP contribution in [0.4, 0.5) is 11.4 Å². The number of sulfonamides is 1. The number of nitrogens with zero attached hydrogens (tertiary/aromatic N) is 1. The zero-order valence-corrected chi connectivity index (χ0v) is 14.8. The summed E-state index contributed by atoms with van der Waals surface area (Å²) in [5, 5.41) is 0. The van der Waals surface area contributed by atoms with Crippen LogP contribution in [0, 0.1) is 0 Å². The standard InChI is InChI=1S/C18H21N3O3S/c1-20-25(23,24)15-7-8-17-14(12-15)10-11-21(17)18(22)9-6-13-4-2-3-5-16(13)19/h2-5,7-8,12,20H,6,9-11,19H2,1H3. The van der Waals surface area contributed by atoms with E-state index < -0.39 is 10.0 Å². The number of nitrogens with one attached hydrogen (secondary N) is 1. The maximum atomic E-state index is 12.6. The highest BCUT2D eigenvalue weighted by Gasteiger charge is 2.26. The molecule has 0 aliphatic carbocycles. The van der Waals surface area contributed by atoms with Gasteiger partial charge in [0.2, 0.25) is 15.9 Å². The predicted octanol–water partition coefficient (Wildman–Crippen LogP) is 1.70. The second-order valence-corrected chi connectivity index (χ2v) is 7.88. The zero-order chi connectivity index (χ0) is 18.0. The number of nitrogens with two attached hydrogens (primary N) is 1. The molecular weight excluding hydrogens is 338 g/mol. The van der Waals surface area contributed by atoms with E-state index >= 15 is 0 Å². The van der Waals surface area contributed by atoms with Gasteiger partial charge in [0.05, 0.1) is 4.90 Å². The Kier molecular flexibility index (Phi) is 4.78. The lowest BCUT2D eigenvalue weighted by atomic mass is 10.1. The van der Waals surface area contributed by atoms with Crippen molar-refractivity contribution < 1.29 is 13.2 Å². The fraction of sp³-hybridized carbons (Fsp3) is 0.278. The molecule has 0 spiro atoms. The van der Waals surface area contributed by atoms with Crippen molar-refractivity contribution in [1.29, 1.82) is 0 Å². The van der Waals surface area contributed by atoms with Crippen LogP contribution in [0.1, 0.15) is 17.5 Å². The van der Waals surface area contributed by atoms with E-state index in [0.717, 1.165) is 16.8 Å². The number of benzene rings is 2. The molecule has 7 heteroatoms. The van der Waals surface area contributed by atoms with Gasteiger partial charge in [-0.2, -0.15) is 0 Å². The molecule has 0 atom stereocenters. The van der Waals surface area contributed by atoms with Gasteiger partial charge < -0.3 is 10.6 Å². The van der Waals surface area contributed by atoms with E-state index in [1.807, 2.05) is 24.3 Å². The molecule has 25 heavy (non-hydrogen) atoms. The molecule has 132 valence electrons. The van der Waals surface area contributed by atoms with Gasteiger partial charge in [0.1, 0.15) is 0 Å². The van der Waals surface area contributed by atoms with E-state index in [9.17, 15) is 13.2 Å². The molecule has 1 heterocycles. The Hall–Kier alpha value is -2.38. The summed E-state index contributed by atoms with van der Waals surface area (Å²) in [5.74, 6) is 0.0197. The molecule has 2 aromatic carbocycles. The molecule has 3 rings (SSSR count). The topological polar surface area (TPSA) is 92.5 Å². The number of carbonyl (C=O) groups excluding carboxylic acids is 1. The molecule has 1 aliphatic heterocycles. The van der Waals surface area contributed by atoms with Crippen LogP contribution in [0.3, 0.4) is 0 Å². The fourth-order valence-electron chi connectivity index (χ4n) is 3.06.